The Morgan fingerprint density at radius 3 is 2.70 bits per heavy atom. The van der Waals surface area contributed by atoms with Crippen LogP contribution in [0.2, 0.25) is 0 Å². The molecule has 0 radical (unpaired) electrons. The van der Waals surface area contributed by atoms with Crippen molar-refractivity contribution in [1.82, 2.24) is 9.97 Å². The van der Waals surface area contributed by atoms with Crippen LogP contribution in [0.4, 0.5) is 5.82 Å². The molecule has 4 nitrogen and oxygen atoms in total. The average Bonchev–Trinajstić information content (AvgIpc) is 2.81. The molecule has 1 N–H and O–H groups in total. The summed E-state index contributed by atoms with van der Waals surface area (Å²) in [5, 5.41) is 3.34. The van der Waals surface area contributed by atoms with Crippen molar-refractivity contribution in [3.63, 3.8) is 0 Å². The highest BCUT2D eigenvalue weighted by molar-refractivity contribution is 5.55. The van der Waals surface area contributed by atoms with Crippen LogP contribution in [0.5, 0.6) is 0 Å². The molecule has 0 aliphatic heterocycles. The maximum atomic E-state index is 5.52. The van der Waals surface area contributed by atoms with Crippen molar-refractivity contribution in [1.29, 1.82) is 0 Å². The van der Waals surface area contributed by atoms with Gasteiger partial charge in [0.25, 0.3) is 0 Å². The quantitative estimate of drug-likeness (QED) is 0.862. The zero-order valence-electron chi connectivity index (χ0n) is 12.7. The van der Waals surface area contributed by atoms with Crippen LogP contribution in [0.1, 0.15) is 38.4 Å². The van der Waals surface area contributed by atoms with Crippen LogP contribution < -0.4 is 5.32 Å². The molecule has 108 valence electrons. The molecule has 0 aliphatic rings. The number of aryl methyl sites for hydroxylation is 1. The summed E-state index contributed by atoms with van der Waals surface area (Å²) in [6, 6.07) is 3.98. The first-order valence-corrected chi connectivity index (χ1v) is 7.26. The van der Waals surface area contributed by atoms with E-state index < -0.39 is 0 Å². The Morgan fingerprint density at radius 2 is 2.10 bits per heavy atom. The maximum absolute atomic E-state index is 5.52. The van der Waals surface area contributed by atoms with E-state index in [1.54, 1.807) is 6.26 Å². The average molecular weight is 273 g/mol. The van der Waals surface area contributed by atoms with Crippen LogP contribution in [-0.2, 0) is 6.42 Å². The number of hydrogen-bond donors (Lipinski definition) is 1. The van der Waals surface area contributed by atoms with E-state index in [0.717, 1.165) is 42.2 Å². The van der Waals surface area contributed by atoms with Crippen LogP contribution in [0.25, 0.3) is 11.6 Å². The van der Waals surface area contributed by atoms with Gasteiger partial charge in [-0.2, -0.15) is 0 Å². The Kier molecular flexibility index (Phi) is 4.77. The molecule has 2 aromatic heterocycles. The molecule has 0 spiro atoms. The highest BCUT2D eigenvalue weighted by Crippen LogP contribution is 2.23. The second kappa shape index (κ2) is 6.55. The fourth-order valence-corrected chi connectivity index (χ4v) is 2.07. The third-order valence-electron chi connectivity index (χ3n) is 3.02. The molecule has 0 saturated heterocycles. The van der Waals surface area contributed by atoms with E-state index >= 15 is 0 Å². The number of rotatable bonds is 6. The van der Waals surface area contributed by atoms with Crippen molar-refractivity contribution in [3.8, 4) is 11.6 Å². The zero-order chi connectivity index (χ0) is 14.5. The fourth-order valence-electron chi connectivity index (χ4n) is 2.07. The van der Waals surface area contributed by atoms with Crippen molar-refractivity contribution in [3.05, 3.63) is 29.7 Å². The SMILES string of the molecule is CCCNc1cc(CC(C)C)nc(-c2occc2C)n1. The van der Waals surface area contributed by atoms with Crippen molar-refractivity contribution < 1.29 is 4.42 Å². The highest BCUT2D eigenvalue weighted by Gasteiger charge is 2.12. The van der Waals surface area contributed by atoms with Crippen molar-refractivity contribution >= 4 is 5.82 Å². The lowest BCUT2D eigenvalue weighted by Crippen LogP contribution is -2.07. The van der Waals surface area contributed by atoms with Gasteiger partial charge in [-0.1, -0.05) is 20.8 Å². The summed E-state index contributed by atoms with van der Waals surface area (Å²) in [7, 11) is 0. The molecular formula is C16H23N3O. The maximum Gasteiger partial charge on any atom is 0.198 e. The summed E-state index contributed by atoms with van der Waals surface area (Å²) in [6.45, 7) is 9.45. The molecular weight excluding hydrogens is 250 g/mol. The van der Waals surface area contributed by atoms with E-state index in [4.69, 9.17) is 4.42 Å². The minimum absolute atomic E-state index is 0.564. The molecule has 0 saturated carbocycles. The molecule has 0 bridgehead atoms. The molecule has 4 heteroatoms. The van der Waals surface area contributed by atoms with Gasteiger partial charge in [0, 0.05) is 18.3 Å². The monoisotopic (exact) mass is 273 g/mol. The van der Waals surface area contributed by atoms with Crippen LogP contribution in [-0.4, -0.2) is 16.5 Å². The van der Waals surface area contributed by atoms with Gasteiger partial charge in [0.15, 0.2) is 11.6 Å². The number of nitrogens with zero attached hydrogens (tertiary/aromatic N) is 2. The normalized spacial score (nSPS) is 11.1. The summed E-state index contributed by atoms with van der Waals surface area (Å²) in [6.07, 6.45) is 3.69. The van der Waals surface area contributed by atoms with Gasteiger partial charge in [-0.3, -0.25) is 0 Å². The number of aromatic nitrogens is 2. The standard InChI is InChI=1S/C16H23N3O/c1-5-7-17-14-10-13(9-11(2)3)18-16(19-14)15-12(4)6-8-20-15/h6,8,10-11H,5,7,9H2,1-4H3,(H,17,18,19). The summed E-state index contributed by atoms with van der Waals surface area (Å²) in [5.74, 6) is 2.87. The Labute approximate surface area is 120 Å². The minimum Gasteiger partial charge on any atom is -0.461 e. The number of furan rings is 1. The van der Waals surface area contributed by atoms with Crippen LogP contribution in [0, 0.1) is 12.8 Å². The van der Waals surface area contributed by atoms with E-state index in [-0.39, 0.29) is 0 Å². The summed E-state index contributed by atoms with van der Waals surface area (Å²) < 4.78 is 5.52. The Morgan fingerprint density at radius 1 is 1.30 bits per heavy atom. The largest absolute Gasteiger partial charge is 0.461 e. The van der Waals surface area contributed by atoms with Gasteiger partial charge in [-0.25, -0.2) is 9.97 Å². The summed E-state index contributed by atoms with van der Waals surface area (Å²) in [5.41, 5.74) is 2.12. The first-order chi connectivity index (χ1) is 9.60. The molecule has 20 heavy (non-hydrogen) atoms. The predicted molar refractivity (Wildman–Crippen MR) is 81.8 cm³/mol. The molecule has 0 aromatic carbocycles. The lowest BCUT2D eigenvalue weighted by Gasteiger charge is -2.10. The smallest absolute Gasteiger partial charge is 0.198 e. The van der Waals surface area contributed by atoms with E-state index in [0.29, 0.717) is 11.7 Å². The van der Waals surface area contributed by atoms with Crippen molar-refractivity contribution in [2.24, 2.45) is 5.92 Å². The van der Waals surface area contributed by atoms with Crippen molar-refractivity contribution in [2.75, 3.05) is 11.9 Å². The Bertz CT molecular complexity index is 561. The van der Waals surface area contributed by atoms with Gasteiger partial charge in [-0.05, 0) is 37.3 Å². The van der Waals surface area contributed by atoms with Gasteiger partial charge in [0.05, 0.1) is 6.26 Å². The van der Waals surface area contributed by atoms with Gasteiger partial charge < -0.3 is 9.73 Å². The molecule has 0 fully saturated rings. The minimum atomic E-state index is 0.564. The Hall–Kier alpha value is -1.84. The first kappa shape index (κ1) is 14.6. The number of hydrogen-bond acceptors (Lipinski definition) is 4. The third kappa shape index (κ3) is 3.59. The molecule has 0 amide bonds. The van der Waals surface area contributed by atoms with E-state index in [9.17, 15) is 0 Å². The number of nitrogens with one attached hydrogen (secondary N) is 1. The lowest BCUT2D eigenvalue weighted by molar-refractivity contribution is 0.573. The first-order valence-electron chi connectivity index (χ1n) is 7.26. The second-order valence-electron chi connectivity index (χ2n) is 5.53. The van der Waals surface area contributed by atoms with E-state index in [1.807, 2.05) is 19.1 Å². The lowest BCUT2D eigenvalue weighted by atomic mass is 10.1. The summed E-state index contributed by atoms with van der Waals surface area (Å²) in [4.78, 5) is 9.21. The van der Waals surface area contributed by atoms with Gasteiger partial charge in [0.2, 0.25) is 0 Å². The molecule has 2 aromatic rings. The summed E-state index contributed by atoms with van der Waals surface area (Å²) >= 11 is 0. The number of anilines is 1. The van der Waals surface area contributed by atoms with Gasteiger partial charge in [-0.15, -0.1) is 0 Å². The van der Waals surface area contributed by atoms with Crippen molar-refractivity contribution in [2.45, 2.75) is 40.5 Å². The van der Waals surface area contributed by atoms with E-state index in [1.165, 1.54) is 0 Å². The topological polar surface area (TPSA) is 51.0 Å². The van der Waals surface area contributed by atoms with E-state index in [2.05, 4.69) is 36.1 Å². The molecule has 0 unspecified atom stereocenters. The van der Waals surface area contributed by atoms with Crippen LogP contribution in [0.3, 0.4) is 0 Å². The second-order valence-corrected chi connectivity index (χ2v) is 5.53. The highest BCUT2D eigenvalue weighted by atomic mass is 16.3. The zero-order valence-corrected chi connectivity index (χ0v) is 12.7. The third-order valence-corrected chi connectivity index (χ3v) is 3.02. The van der Waals surface area contributed by atoms with Gasteiger partial charge >= 0.3 is 0 Å². The molecule has 2 rings (SSSR count). The fraction of sp³-hybridized carbons (Fsp3) is 0.500. The van der Waals surface area contributed by atoms with Crippen LogP contribution >= 0.6 is 0 Å². The van der Waals surface area contributed by atoms with Crippen LogP contribution in [0.15, 0.2) is 22.8 Å². The Balaban J connectivity index is 2.37. The molecule has 0 atom stereocenters. The molecule has 2 heterocycles. The predicted octanol–water partition coefficient (Wildman–Crippen LogP) is 4.07. The molecule has 0 aliphatic carbocycles. The van der Waals surface area contributed by atoms with Gasteiger partial charge in [0.1, 0.15) is 5.82 Å².